The number of amides is 1. The van der Waals surface area contributed by atoms with E-state index in [-0.39, 0.29) is 17.8 Å². The van der Waals surface area contributed by atoms with E-state index in [1.807, 2.05) is 6.92 Å². The lowest BCUT2D eigenvalue weighted by atomic mass is 10.3. The summed E-state index contributed by atoms with van der Waals surface area (Å²) in [5, 5.41) is 22.4. The van der Waals surface area contributed by atoms with Gasteiger partial charge in [0, 0.05) is 6.42 Å². The number of aromatic nitrogens is 7. The fourth-order valence-corrected chi connectivity index (χ4v) is 1.23. The number of nitrogens with one attached hydrogen (secondary N) is 3. The van der Waals surface area contributed by atoms with E-state index in [2.05, 4.69) is 41.1 Å². The van der Waals surface area contributed by atoms with Gasteiger partial charge in [0.05, 0.1) is 6.04 Å². The van der Waals surface area contributed by atoms with E-state index in [0.717, 1.165) is 0 Å². The normalized spacial score (nSPS) is 12.4. The molecule has 0 saturated heterocycles. The highest BCUT2D eigenvalue weighted by Crippen LogP contribution is 2.04. The summed E-state index contributed by atoms with van der Waals surface area (Å²) in [6, 6.07) is -0.357. The standard InChI is InChI=1S/C8H12N8O/c1-3-5-10-7(12-11-5)8(17)9-4(2)6-13-15-16-14-6/h4H,3H2,1-2H3,(H,9,17)(H,10,11,12)(H,13,14,15,16). The van der Waals surface area contributed by atoms with Crippen molar-refractivity contribution in [2.75, 3.05) is 0 Å². The van der Waals surface area contributed by atoms with Crippen LogP contribution in [0.15, 0.2) is 0 Å². The lowest BCUT2D eigenvalue weighted by molar-refractivity contribution is 0.0928. The smallest absolute Gasteiger partial charge is 0.291 e. The van der Waals surface area contributed by atoms with E-state index in [9.17, 15) is 4.79 Å². The third kappa shape index (κ3) is 2.44. The monoisotopic (exact) mass is 236 g/mol. The Morgan fingerprint density at radius 1 is 1.47 bits per heavy atom. The second kappa shape index (κ2) is 4.68. The van der Waals surface area contributed by atoms with Crippen LogP contribution in [0.3, 0.4) is 0 Å². The fraction of sp³-hybridized carbons (Fsp3) is 0.500. The third-order valence-electron chi connectivity index (χ3n) is 2.17. The predicted octanol–water partition coefficient (Wildman–Crippen LogP) is -0.629. The molecule has 0 radical (unpaired) electrons. The molecule has 2 aromatic heterocycles. The van der Waals surface area contributed by atoms with Gasteiger partial charge in [0.1, 0.15) is 5.82 Å². The summed E-state index contributed by atoms with van der Waals surface area (Å²) >= 11 is 0. The van der Waals surface area contributed by atoms with Crippen molar-refractivity contribution in [2.45, 2.75) is 26.3 Å². The zero-order valence-electron chi connectivity index (χ0n) is 9.43. The first-order valence-corrected chi connectivity index (χ1v) is 5.16. The minimum atomic E-state index is -0.377. The summed E-state index contributed by atoms with van der Waals surface area (Å²) in [5.41, 5.74) is 0. The zero-order chi connectivity index (χ0) is 12.3. The number of hydrogen-bond acceptors (Lipinski definition) is 6. The number of tetrazole rings is 1. The molecule has 0 saturated carbocycles. The van der Waals surface area contributed by atoms with Crippen LogP contribution < -0.4 is 5.32 Å². The first-order chi connectivity index (χ1) is 8.20. The van der Waals surface area contributed by atoms with Gasteiger partial charge in [-0.15, -0.1) is 15.3 Å². The van der Waals surface area contributed by atoms with E-state index in [1.165, 1.54) is 0 Å². The Morgan fingerprint density at radius 3 is 2.88 bits per heavy atom. The molecule has 0 aliphatic carbocycles. The number of aromatic amines is 2. The number of carbonyl (C=O) groups excluding carboxylic acids is 1. The van der Waals surface area contributed by atoms with E-state index in [1.54, 1.807) is 6.92 Å². The van der Waals surface area contributed by atoms with Crippen molar-refractivity contribution in [3.05, 3.63) is 17.5 Å². The fourth-order valence-electron chi connectivity index (χ4n) is 1.23. The summed E-state index contributed by atoms with van der Waals surface area (Å²) in [6.45, 7) is 3.67. The Bertz CT molecular complexity index is 489. The Hall–Kier alpha value is -2.32. The number of carbonyl (C=O) groups is 1. The van der Waals surface area contributed by atoms with Crippen LogP contribution >= 0.6 is 0 Å². The van der Waals surface area contributed by atoms with Crippen LogP contribution in [0.4, 0.5) is 0 Å². The molecule has 0 aliphatic heterocycles. The molecule has 2 rings (SSSR count). The van der Waals surface area contributed by atoms with E-state index >= 15 is 0 Å². The van der Waals surface area contributed by atoms with E-state index < -0.39 is 0 Å². The molecule has 9 heteroatoms. The van der Waals surface area contributed by atoms with Crippen LogP contribution in [-0.4, -0.2) is 41.7 Å². The summed E-state index contributed by atoms with van der Waals surface area (Å²) < 4.78 is 0. The molecule has 2 heterocycles. The highest BCUT2D eigenvalue weighted by atomic mass is 16.2. The quantitative estimate of drug-likeness (QED) is 0.649. The van der Waals surface area contributed by atoms with Crippen LogP contribution in [0.1, 0.15) is 42.2 Å². The summed E-state index contributed by atoms with van der Waals surface area (Å²) in [4.78, 5) is 15.8. The Kier molecular flexibility index (Phi) is 3.08. The molecule has 0 bridgehead atoms. The highest BCUT2D eigenvalue weighted by molar-refractivity contribution is 5.90. The van der Waals surface area contributed by atoms with Crippen LogP contribution in [0.2, 0.25) is 0 Å². The Labute approximate surface area is 96.4 Å². The molecule has 0 aromatic carbocycles. The van der Waals surface area contributed by atoms with Gasteiger partial charge in [-0.25, -0.2) is 4.98 Å². The van der Waals surface area contributed by atoms with Crippen LogP contribution in [-0.2, 0) is 6.42 Å². The van der Waals surface area contributed by atoms with Crippen molar-refractivity contribution in [2.24, 2.45) is 0 Å². The molecular formula is C8H12N8O. The third-order valence-corrected chi connectivity index (χ3v) is 2.17. The molecule has 3 N–H and O–H groups in total. The van der Waals surface area contributed by atoms with Gasteiger partial charge in [0.25, 0.3) is 5.91 Å². The van der Waals surface area contributed by atoms with Gasteiger partial charge < -0.3 is 5.32 Å². The molecule has 0 aliphatic rings. The number of aryl methyl sites for hydroxylation is 1. The van der Waals surface area contributed by atoms with Crippen LogP contribution in [0.25, 0.3) is 0 Å². The summed E-state index contributed by atoms with van der Waals surface area (Å²) in [6.07, 6.45) is 0.695. The maximum Gasteiger partial charge on any atom is 0.291 e. The van der Waals surface area contributed by atoms with Gasteiger partial charge in [0.2, 0.25) is 5.82 Å². The number of hydrogen-bond donors (Lipinski definition) is 3. The van der Waals surface area contributed by atoms with Gasteiger partial charge in [-0.05, 0) is 6.92 Å². The van der Waals surface area contributed by atoms with Crippen molar-refractivity contribution in [1.82, 2.24) is 41.1 Å². The topological polar surface area (TPSA) is 125 Å². The molecule has 1 atom stereocenters. The average Bonchev–Trinajstić information content (AvgIpc) is 3.00. The minimum absolute atomic E-state index is 0.109. The first-order valence-electron chi connectivity index (χ1n) is 5.16. The van der Waals surface area contributed by atoms with Crippen molar-refractivity contribution < 1.29 is 4.79 Å². The maximum atomic E-state index is 11.7. The van der Waals surface area contributed by atoms with Gasteiger partial charge in [0.15, 0.2) is 5.82 Å². The van der Waals surface area contributed by atoms with Crippen molar-refractivity contribution in [3.8, 4) is 0 Å². The largest absolute Gasteiger partial charge is 0.339 e. The summed E-state index contributed by atoms with van der Waals surface area (Å²) in [7, 11) is 0. The van der Waals surface area contributed by atoms with Crippen molar-refractivity contribution in [3.63, 3.8) is 0 Å². The van der Waals surface area contributed by atoms with Gasteiger partial charge in [-0.3, -0.25) is 9.89 Å². The van der Waals surface area contributed by atoms with Crippen LogP contribution in [0.5, 0.6) is 0 Å². The number of rotatable bonds is 4. The Morgan fingerprint density at radius 2 is 2.29 bits per heavy atom. The second-order valence-corrected chi connectivity index (χ2v) is 3.42. The summed E-state index contributed by atoms with van der Waals surface area (Å²) in [5.74, 6) is 0.808. The van der Waals surface area contributed by atoms with Crippen molar-refractivity contribution in [1.29, 1.82) is 0 Å². The molecule has 2 aromatic rings. The van der Waals surface area contributed by atoms with Crippen LogP contribution in [0, 0.1) is 0 Å². The first kappa shape index (κ1) is 11.2. The average molecular weight is 236 g/mol. The molecule has 90 valence electrons. The molecule has 1 amide bonds. The second-order valence-electron chi connectivity index (χ2n) is 3.42. The number of H-pyrrole nitrogens is 2. The van der Waals surface area contributed by atoms with Crippen molar-refractivity contribution >= 4 is 5.91 Å². The number of nitrogens with zero attached hydrogens (tertiary/aromatic N) is 5. The molecule has 9 nitrogen and oxygen atoms in total. The van der Waals surface area contributed by atoms with Gasteiger partial charge in [-0.2, -0.15) is 5.21 Å². The maximum absolute atomic E-state index is 11.7. The Balaban J connectivity index is 2.01. The molecule has 17 heavy (non-hydrogen) atoms. The van der Waals surface area contributed by atoms with E-state index in [4.69, 9.17) is 0 Å². The molecule has 0 spiro atoms. The SMILES string of the molecule is CCc1nc(C(=O)NC(C)c2nn[nH]n2)n[nH]1. The molecule has 0 fully saturated rings. The lowest BCUT2D eigenvalue weighted by Crippen LogP contribution is -2.28. The molecule has 1 unspecified atom stereocenters. The van der Waals surface area contributed by atoms with Gasteiger partial charge >= 0.3 is 0 Å². The minimum Gasteiger partial charge on any atom is -0.339 e. The lowest BCUT2D eigenvalue weighted by Gasteiger charge is -2.06. The van der Waals surface area contributed by atoms with E-state index in [0.29, 0.717) is 18.1 Å². The predicted molar refractivity (Wildman–Crippen MR) is 55.8 cm³/mol. The van der Waals surface area contributed by atoms with Gasteiger partial charge in [-0.1, -0.05) is 12.1 Å². The highest BCUT2D eigenvalue weighted by Gasteiger charge is 2.17. The molecular weight excluding hydrogens is 224 g/mol. The zero-order valence-corrected chi connectivity index (χ0v) is 9.43.